The van der Waals surface area contributed by atoms with E-state index >= 15 is 0 Å². The minimum Gasteiger partial charge on any atom is -0.349 e. The molecule has 1 fully saturated rings. The Balaban J connectivity index is 2.15. The van der Waals surface area contributed by atoms with Crippen molar-refractivity contribution in [3.05, 3.63) is 35.1 Å². The largest absolute Gasteiger partial charge is 0.349 e. The third-order valence-electron chi connectivity index (χ3n) is 3.88. The van der Waals surface area contributed by atoms with Crippen molar-refractivity contribution in [1.29, 1.82) is 0 Å². The molecule has 1 amide bonds. The minimum absolute atomic E-state index is 0.0196. The lowest BCUT2D eigenvalue weighted by atomic mass is 9.80. The molecular weight excluding hydrogens is 243 g/mol. The Labute approximate surface area is 113 Å². The Hall–Kier alpha value is -1.42. The molecule has 0 radical (unpaired) electrons. The predicted octanol–water partition coefficient (Wildman–Crippen LogP) is 2.25. The van der Waals surface area contributed by atoms with E-state index < -0.39 is 5.82 Å². The van der Waals surface area contributed by atoms with Gasteiger partial charge in [-0.25, -0.2) is 4.39 Å². The maximum absolute atomic E-state index is 13.9. The fourth-order valence-electron chi connectivity index (χ4n) is 2.50. The molecule has 1 saturated heterocycles. The highest BCUT2D eigenvalue weighted by molar-refractivity contribution is 5.94. The number of hydrogen-bond acceptors (Lipinski definition) is 2. The second-order valence-electron chi connectivity index (χ2n) is 5.92. The van der Waals surface area contributed by atoms with E-state index in [9.17, 15) is 9.18 Å². The summed E-state index contributed by atoms with van der Waals surface area (Å²) < 4.78 is 13.9. The molecule has 1 heterocycles. The number of halogens is 1. The van der Waals surface area contributed by atoms with Gasteiger partial charge in [-0.15, -0.1) is 0 Å². The first-order valence-electron chi connectivity index (χ1n) is 6.68. The number of piperidine rings is 1. The summed E-state index contributed by atoms with van der Waals surface area (Å²) in [4.78, 5) is 12.2. The zero-order valence-electron chi connectivity index (χ0n) is 11.7. The first-order chi connectivity index (χ1) is 8.92. The molecule has 1 aliphatic rings. The van der Waals surface area contributed by atoms with E-state index in [-0.39, 0.29) is 22.9 Å². The summed E-state index contributed by atoms with van der Waals surface area (Å²) in [7, 11) is 0. The van der Waals surface area contributed by atoms with Crippen LogP contribution >= 0.6 is 0 Å². The number of aryl methyl sites for hydroxylation is 1. The van der Waals surface area contributed by atoms with Crippen LogP contribution in [0.15, 0.2) is 18.2 Å². The summed E-state index contributed by atoms with van der Waals surface area (Å²) in [6.45, 7) is 7.62. The van der Waals surface area contributed by atoms with Crippen LogP contribution in [0, 0.1) is 18.2 Å². The summed E-state index contributed by atoms with van der Waals surface area (Å²) >= 11 is 0. The predicted molar refractivity (Wildman–Crippen MR) is 73.7 cm³/mol. The Morgan fingerprint density at radius 2 is 2.21 bits per heavy atom. The van der Waals surface area contributed by atoms with Gasteiger partial charge in [-0.3, -0.25) is 4.79 Å². The fourth-order valence-corrected chi connectivity index (χ4v) is 2.50. The number of carbonyl (C=O) groups is 1. The number of amides is 1. The number of rotatable bonds is 2. The summed E-state index contributed by atoms with van der Waals surface area (Å²) in [5.41, 5.74) is 0.611. The smallest absolute Gasteiger partial charge is 0.254 e. The van der Waals surface area contributed by atoms with Crippen molar-refractivity contribution in [1.82, 2.24) is 10.6 Å². The van der Waals surface area contributed by atoms with Crippen molar-refractivity contribution >= 4 is 5.91 Å². The summed E-state index contributed by atoms with van der Waals surface area (Å²) in [6, 6.07) is 4.98. The van der Waals surface area contributed by atoms with Gasteiger partial charge in [0.1, 0.15) is 5.82 Å². The van der Waals surface area contributed by atoms with Gasteiger partial charge in [0.2, 0.25) is 0 Å². The van der Waals surface area contributed by atoms with E-state index in [0.717, 1.165) is 19.5 Å². The van der Waals surface area contributed by atoms with E-state index in [1.54, 1.807) is 19.1 Å². The van der Waals surface area contributed by atoms with Crippen LogP contribution in [0.1, 0.15) is 36.2 Å². The number of nitrogens with one attached hydrogen (secondary N) is 2. The normalized spacial score (nSPS) is 22.0. The summed E-state index contributed by atoms with van der Waals surface area (Å²) in [6.07, 6.45) is 0.867. The van der Waals surface area contributed by atoms with Crippen molar-refractivity contribution in [3.8, 4) is 0 Å². The molecule has 0 aromatic heterocycles. The standard InChI is InChI=1S/C15H21FN2O/c1-10-5-4-6-11(13(10)16)14(19)18-12-7-8-17-9-15(12,2)3/h4-6,12,17H,7-9H2,1-3H3,(H,18,19). The van der Waals surface area contributed by atoms with Gasteiger partial charge >= 0.3 is 0 Å². The zero-order chi connectivity index (χ0) is 14.0. The first-order valence-corrected chi connectivity index (χ1v) is 6.68. The maximum atomic E-state index is 13.9. The molecule has 4 heteroatoms. The Kier molecular flexibility index (Phi) is 3.90. The second kappa shape index (κ2) is 5.29. The van der Waals surface area contributed by atoms with Gasteiger partial charge in [0.15, 0.2) is 0 Å². The van der Waals surface area contributed by atoms with Crippen LogP contribution in [-0.4, -0.2) is 25.0 Å². The van der Waals surface area contributed by atoms with Gasteiger partial charge in [0.25, 0.3) is 5.91 Å². The van der Waals surface area contributed by atoms with Crippen LogP contribution < -0.4 is 10.6 Å². The first kappa shape index (κ1) is 14.0. The van der Waals surface area contributed by atoms with Gasteiger partial charge in [-0.2, -0.15) is 0 Å². The monoisotopic (exact) mass is 264 g/mol. The molecule has 0 aliphatic carbocycles. The number of hydrogen-bond donors (Lipinski definition) is 2. The molecule has 0 spiro atoms. The van der Waals surface area contributed by atoms with Crippen LogP contribution in [0.3, 0.4) is 0 Å². The van der Waals surface area contributed by atoms with E-state index in [2.05, 4.69) is 24.5 Å². The molecule has 19 heavy (non-hydrogen) atoms. The van der Waals surface area contributed by atoms with Crippen molar-refractivity contribution in [2.45, 2.75) is 33.2 Å². The number of carbonyl (C=O) groups excluding carboxylic acids is 1. The molecule has 104 valence electrons. The van der Waals surface area contributed by atoms with E-state index in [4.69, 9.17) is 0 Å². The lowest BCUT2D eigenvalue weighted by molar-refractivity contribution is 0.0864. The van der Waals surface area contributed by atoms with E-state index in [0.29, 0.717) is 5.56 Å². The van der Waals surface area contributed by atoms with Crippen molar-refractivity contribution in [2.75, 3.05) is 13.1 Å². The highest BCUT2D eigenvalue weighted by atomic mass is 19.1. The third kappa shape index (κ3) is 2.95. The van der Waals surface area contributed by atoms with E-state index in [1.807, 2.05) is 0 Å². The number of benzene rings is 1. The molecule has 0 saturated carbocycles. The average molecular weight is 264 g/mol. The van der Waals surface area contributed by atoms with Gasteiger partial charge in [-0.05, 0) is 36.9 Å². The topological polar surface area (TPSA) is 41.1 Å². The molecule has 3 nitrogen and oxygen atoms in total. The average Bonchev–Trinajstić information content (AvgIpc) is 2.35. The molecule has 1 aromatic rings. The summed E-state index contributed by atoms with van der Waals surface area (Å²) in [5.74, 6) is -0.743. The van der Waals surface area contributed by atoms with Gasteiger partial charge in [-0.1, -0.05) is 26.0 Å². The van der Waals surface area contributed by atoms with Crippen LogP contribution in [0.5, 0.6) is 0 Å². The van der Waals surface area contributed by atoms with Crippen molar-refractivity contribution in [2.24, 2.45) is 5.41 Å². The Morgan fingerprint density at radius 1 is 1.47 bits per heavy atom. The Bertz CT molecular complexity index is 485. The van der Waals surface area contributed by atoms with E-state index in [1.165, 1.54) is 6.07 Å². The quantitative estimate of drug-likeness (QED) is 0.860. The summed E-state index contributed by atoms with van der Waals surface area (Å²) in [5, 5.41) is 6.29. The molecule has 1 atom stereocenters. The lowest BCUT2D eigenvalue weighted by Crippen LogP contribution is -2.54. The van der Waals surface area contributed by atoms with Gasteiger partial charge < -0.3 is 10.6 Å². The molecule has 1 unspecified atom stereocenters. The second-order valence-corrected chi connectivity index (χ2v) is 5.92. The molecule has 0 bridgehead atoms. The SMILES string of the molecule is Cc1cccc(C(=O)NC2CCNCC2(C)C)c1F. The highest BCUT2D eigenvalue weighted by Crippen LogP contribution is 2.25. The van der Waals surface area contributed by atoms with Gasteiger partial charge in [0.05, 0.1) is 5.56 Å². The minimum atomic E-state index is -0.424. The van der Waals surface area contributed by atoms with Crippen molar-refractivity contribution < 1.29 is 9.18 Å². The van der Waals surface area contributed by atoms with Crippen molar-refractivity contribution in [3.63, 3.8) is 0 Å². The third-order valence-corrected chi connectivity index (χ3v) is 3.88. The van der Waals surface area contributed by atoms with Gasteiger partial charge in [0, 0.05) is 12.6 Å². The maximum Gasteiger partial charge on any atom is 0.254 e. The molecule has 2 rings (SSSR count). The fraction of sp³-hybridized carbons (Fsp3) is 0.533. The lowest BCUT2D eigenvalue weighted by Gasteiger charge is -2.39. The van der Waals surface area contributed by atoms with Crippen LogP contribution in [0.25, 0.3) is 0 Å². The van der Waals surface area contributed by atoms with Crippen LogP contribution in [0.2, 0.25) is 0 Å². The van der Waals surface area contributed by atoms with Crippen LogP contribution in [0.4, 0.5) is 4.39 Å². The molecule has 1 aromatic carbocycles. The van der Waals surface area contributed by atoms with Crippen LogP contribution in [-0.2, 0) is 0 Å². The molecular formula is C15H21FN2O. The molecule has 2 N–H and O–H groups in total. The zero-order valence-corrected chi connectivity index (χ0v) is 11.7. The molecule has 1 aliphatic heterocycles. The Morgan fingerprint density at radius 3 is 2.89 bits per heavy atom. The highest BCUT2D eigenvalue weighted by Gasteiger charge is 2.33.